The Bertz CT molecular complexity index is 3500. The van der Waals surface area contributed by atoms with E-state index in [9.17, 15) is 13.6 Å². The number of nitrogens with two attached hydrogens (primary N) is 1. The van der Waals surface area contributed by atoms with E-state index < -0.39 is 11.7 Å². The molecule has 10 aromatic rings. The molecule has 6 heterocycles. The summed E-state index contributed by atoms with van der Waals surface area (Å²) in [5.41, 5.74) is 16.9. The van der Waals surface area contributed by atoms with Crippen molar-refractivity contribution in [2.24, 2.45) is 0 Å². The number of aryl methyl sites for hydroxylation is 1. The fourth-order valence-electron chi connectivity index (χ4n) is 7.81. The maximum atomic E-state index is 14.2. The van der Waals surface area contributed by atoms with Crippen molar-refractivity contribution in [2.75, 3.05) is 55.2 Å². The second-order valence-electron chi connectivity index (χ2n) is 17.4. The number of fused-ring (bicyclic) bond motifs is 2. The number of halogens is 2. The highest BCUT2D eigenvalue weighted by Crippen LogP contribution is 2.34. The van der Waals surface area contributed by atoms with Crippen molar-refractivity contribution in [3.8, 4) is 21.1 Å². The molecule has 0 radical (unpaired) electrons. The Morgan fingerprint density at radius 3 is 1.74 bits per heavy atom. The molecular formula is C58H63F2N13OS2. The molecule has 6 aromatic heterocycles. The van der Waals surface area contributed by atoms with Gasteiger partial charge in [0.1, 0.15) is 28.6 Å². The second-order valence-corrected chi connectivity index (χ2v) is 19.5. The number of nitrogens with one attached hydrogen (secondary N) is 4. The number of amides is 1. The minimum atomic E-state index is -0.582. The van der Waals surface area contributed by atoms with E-state index in [4.69, 9.17) is 5.73 Å². The van der Waals surface area contributed by atoms with Crippen LogP contribution >= 0.6 is 22.7 Å². The summed E-state index contributed by atoms with van der Waals surface area (Å²) in [7, 11) is 8.20. The molecule has 0 aliphatic heterocycles. The first-order valence-corrected chi connectivity index (χ1v) is 26.3. The average Bonchev–Trinajstić information content (AvgIpc) is 4.26. The van der Waals surface area contributed by atoms with Crippen molar-refractivity contribution in [3.63, 3.8) is 0 Å². The van der Waals surface area contributed by atoms with Gasteiger partial charge >= 0.3 is 0 Å². The number of carbonyl (C=O) groups excluding carboxylic acids is 1. The Morgan fingerprint density at radius 2 is 1.16 bits per heavy atom. The molecule has 18 heteroatoms. The van der Waals surface area contributed by atoms with Crippen LogP contribution in [0, 0.1) is 18.6 Å². The van der Waals surface area contributed by atoms with Gasteiger partial charge in [-0.15, -0.1) is 0 Å². The van der Waals surface area contributed by atoms with Crippen molar-refractivity contribution < 1.29 is 13.6 Å². The van der Waals surface area contributed by atoms with Gasteiger partial charge in [0.05, 0.1) is 44.9 Å². The van der Waals surface area contributed by atoms with Gasteiger partial charge in [-0.25, -0.2) is 28.7 Å². The van der Waals surface area contributed by atoms with Gasteiger partial charge in [-0.1, -0.05) is 93.3 Å². The quantitative estimate of drug-likeness (QED) is 0.0622. The lowest BCUT2D eigenvalue weighted by Crippen LogP contribution is -2.14. The standard InChI is InChI=1S/C28H27FN6S.C26H24FN7OS.2C2H6/c1-18-6-5-7-23(29)27(18)32-19(2)21-9-11-22(12-10-21)33-28-31-15-25(36-28)24-14-30-26-13-8-20(16-34(3)4)17-35(24)26;1-33(2)15-16-10-11-34-21(13-29-23(34)12-16)22-14-30-26(36-22)31-18-8-6-17(7-9-18)25(35)32-24-19(27)4-3-5-20(24)28;2*1-2/h5-15,17,32H,2,16H2,1,3-4H3,(H,31,33);3-14H,15,28H2,1-2H3,(H,30,31)(H,32,35);2*1-2H3. The molecule has 392 valence electrons. The van der Waals surface area contributed by atoms with Crippen LogP contribution in [0.15, 0.2) is 153 Å². The first-order valence-electron chi connectivity index (χ1n) is 24.7. The van der Waals surface area contributed by atoms with Crippen LogP contribution in [-0.2, 0) is 13.1 Å². The fourth-order valence-corrected chi connectivity index (χ4v) is 9.50. The molecule has 76 heavy (non-hydrogen) atoms. The van der Waals surface area contributed by atoms with E-state index in [0.717, 1.165) is 73.2 Å². The number of benzene rings is 4. The number of imidazole rings is 2. The molecule has 0 saturated carbocycles. The van der Waals surface area contributed by atoms with E-state index in [1.165, 1.54) is 46.7 Å². The average molecular weight is 1060 g/mol. The molecule has 14 nitrogen and oxygen atoms in total. The van der Waals surface area contributed by atoms with Gasteiger partial charge in [0.15, 0.2) is 10.3 Å². The van der Waals surface area contributed by atoms with Gasteiger partial charge in [-0.2, -0.15) is 0 Å². The highest BCUT2D eigenvalue weighted by Gasteiger charge is 2.16. The number of nitrogen functional groups attached to an aromatic ring is 1. The number of anilines is 7. The van der Waals surface area contributed by atoms with Gasteiger partial charge in [0, 0.05) is 60.5 Å². The summed E-state index contributed by atoms with van der Waals surface area (Å²) in [6.07, 6.45) is 11.6. The summed E-state index contributed by atoms with van der Waals surface area (Å²) < 4.78 is 32.3. The van der Waals surface area contributed by atoms with Crippen LogP contribution in [0.4, 0.5) is 47.5 Å². The van der Waals surface area contributed by atoms with Crippen LogP contribution in [0.25, 0.3) is 38.1 Å². The third-order valence-electron chi connectivity index (χ3n) is 11.3. The molecule has 0 aliphatic rings. The zero-order valence-corrected chi connectivity index (χ0v) is 45.7. The Morgan fingerprint density at radius 1 is 0.618 bits per heavy atom. The molecule has 6 N–H and O–H groups in total. The topological polar surface area (TPSA) is 158 Å². The van der Waals surface area contributed by atoms with E-state index in [0.29, 0.717) is 22.1 Å². The van der Waals surface area contributed by atoms with Crippen molar-refractivity contribution >= 4 is 84.3 Å². The minimum absolute atomic E-state index is 0.0265. The first kappa shape index (κ1) is 55.5. The maximum absolute atomic E-state index is 14.2. The normalized spacial score (nSPS) is 10.8. The number of rotatable bonds is 15. The van der Waals surface area contributed by atoms with Crippen LogP contribution in [0.1, 0.15) is 60.3 Å². The SMILES string of the molecule is C=C(Nc1c(C)cccc1F)c1ccc(Nc2ncc(-c3cnc4ccc(CN(C)C)cn34)s2)cc1.CC.CC.CN(C)Cc1ccn2c(-c3cnc(Nc4ccc(C(=O)Nc5c(N)cccc5F)cc4)s3)cnc2c1. The lowest BCUT2D eigenvalue weighted by molar-refractivity contribution is 0.102. The number of thiazole rings is 2. The van der Waals surface area contributed by atoms with Gasteiger partial charge in [-0.05, 0) is 130 Å². The number of aromatic nitrogens is 6. The second kappa shape index (κ2) is 25.8. The van der Waals surface area contributed by atoms with Crippen molar-refractivity contribution in [2.45, 2.75) is 47.7 Å². The Labute approximate surface area is 450 Å². The molecule has 0 fully saturated rings. The molecule has 0 unspecified atom stereocenters. The summed E-state index contributed by atoms with van der Waals surface area (Å²) in [5, 5.41) is 13.8. The number of para-hydroxylation sites is 2. The van der Waals surface area contributed by atoms with Crippen molar-refractivity contribution in [1.29, 1.82) is 0 Å². The lowest BCUT2D eigenvalue weighted by Gasteiger charge is -2.13. The number of hydrogen-bond acceptors (Lipinski definition) is 13. The Kier molecular flexibility index (Phi) is 18.8. The van der Waals surface area contributed by atoms with E-state index in [1.807, 2.05) is 120 Å². The molecule has 0 bridgehead atoms. The predicted octanol–water partition coefficient (Wildman–Crippen LogP) is 14.1. The van der Waals surface area contributed by atoms with Crippen LogP contribution in [0.2, 0.25) is 0 Å². The predicted molar refractivity (Wildman–Crippen MR) is 312 cm³/mol. The van der Waals surface area contributed by atoms with Gasteiger partial charge in [-0.3, -0.25) is 13.6 Å². The summed E-state index contributed by atoms with van der Waals surface area (Å²) in [5.74, 6) is -1.33. The number of carbonyl (C=O) groups is 1. The molecule has 0 atom stereocenters. The highest BCUT2D eigenvalue weighted by molar-refractivity contribution is 7.19. The molecule has 4 aromatic carbocycles. The summed E-state index contributed by atoms with van der Waals surface area (Å²) in [4.78, 5) is 37.0. The number of hydrogen-bond donors (Lipinski definition) is 5. The van der Waals surface area contributed by atoms with Gasteiger partial charge in [0.25, 0.3) is 5.91 Å². The van der Waals surface area contributed by atoms with Crippen molar-refractivity contribution in [1.82, 2.24) is 38.5 Å². The largest absolute Gasteiger partial charge is 0.397 e. The van der Waals surface area contributed by atoms with Crippen LogP contribution in [0.5, 0.6) is 0 Å². The molecule has 0 aliphatic carbocycles. The molecule has 0 spiro atoms. The van der Waals surface area contributed by atoms with Crippen LogP contribution in [-0.4, -0.2) is 72.6 Å². The van der Waals surface area contributed by atoms with Gasteiger partial charge in [0.2, 0.25) is 0 Å². The van der Waals surface area contributed by atoms with Crippen LogP contribution in [0.3, 0.4) is 0 Å². The molecule has 10 rings (SSSR count). The summed E-state index contributed by atoms with van der Waals surface area (Å²) >= 11 is 3.07. The maximum Gasteiger partial charge on any atom is 0.255 e. The zero-order chi connectivity index (χ0) is 54.5. The third-order valence-corrected chi connectivity index (χ3v) is 13.2. The molecular weight excluding hydrogens is 997 g/mol. The van der Waals surface area contributed by atoms with E-state index >= 15 is 0 Å². The fraction of sp³-hybridized carbons (Fsp3) is 0.190. The first-order chi connectivity index (χ1) is 36.7. The third kappa shape index (κ3) is 13.7. The van der Waals surface area contributed by atoms with Crippen molar-refractivity contribution in [3.05, 3.63) is 192 Å². The smallest absolute Gasteiger partial charge is 0.255 e. The summed E-state index contributed by atoms with van der Waals surface area (Å²) in [6.45, 7) is 15.7. The van der Waals surface area contributed by atoms with Crippen LogP contribution < -0.4 is 27.0 Å². The lowest BCUT2D eigenvalue weighted by atomic mass is 10.1. The molecule has 1 amide bonds. The highest BCUT2D eigenvalue weighted by atomic mass is 32.1. The minimum Gasteiger partial charge on any atom is -0.397 e. The number of nitrogens with zero attached hydrogens (tertiary/aromatic N) is 8. The van der Waals surface area contributed by atoms with E-state index in [2.05, 4.69) is 100 Å². The molecule has 0 saturated heterocycles. The zero-order valence-electron chi connectivity index (χ0n) is 44.1. The summed E-state index contributed by atoms with van der Waals surface area (Å²) in [6, 6.07) is 32.2. The number of pyridine rings is 2. The van der Waals surface area contributed by atoms with Gasteiger partial charge < -0.3 is 36.8 Å². The Balaban J connectivity index is 0.000000208. The Hall–Kier alpha value is -8.29. The van der Waals surface area contributed by atoms with E-state index in [-0.39, 0.29) is 17.2 Å². The van der Waals surface area contributed by atoms with E-state index in [1.54, 1.807) is 41.7 Å². The monoisotopic (exact) mass is 1060 g/mol.